The first-order chi connectivity index (χ1) is 11.1. The molecule has 120 valence electrons. The average molecular weight is 335 g/mol. The van der Waals surface area contributed by atoms with Gasteiger partial charge in [-0.3, -0.25) is 14.9 Å². The third-order valence-electron chi connectivity index (χ3n) is 3.70. The Hall–Kier alpha value is -2.31. The Morgan fingerprint density at radius 3 is 2.52 bits per heavy atom. The van der Waals surface area contributed by atoms with Crippen molar-refractivity contribution >= 4 is 39.9 Å². The molecule has 3 N–H and O–H groups in total. The Morgan fingerprint density at radius 1 is 1.22 bits per heavy atom. The zero-order valence-electron chi connectivity index (χ0n) is 12.4. The fourth-order valence-electron chi connectivity index (χ4n) is 2.71. The van der Waals surface area contributed by atoms with Crippen molar-refractivity contribution in [3.63, 3.8) is 0 Å². The van der Waals surface area contributed by atoms with E-state index in [2.05, 4.69) is 10.6 Å². The molecule has 0 aromatic heterocycles. The van der Waals surface area contributed by atoms with Crippen LogP contribution in [-0.2, 0) is 0 Å². The molecular weight excluding hydrogens is 320 g/mol. The molecule has 7 heteroatoms. The van der Waals surface area contributed by atoms with Crippen molar-refractivity contribution in [1.82, 2.24) is 5.32 Å². The molecular formula is C16H15ClN2O4. The molecule has 0 saturated carbocycles. The summed E-state index contributed by atoms with van der Waals surface area (Å²) in [6.45, 7) is -0.0173. The second-order valence-corrected chi connectivity index (χ2v) is 5.46. The minimum atomic E-state index is -0.830. The van der Waals surface area contributed by atoms with Crippen molar-refractivity contribution in [1.29, 1.82) is 0 Å². The number of carbonyl (C=O) groups excluding carboxylic acids is 2. The maximum Gasteiger partial charge on any atom is 0.261 e. The molecule has 0 radical (unpaired) electrons. The lowest BCUT2D eigenvalue weighted by atomic mass is 9.97. The van der Waals surface area contributed by atoms with E-state index in [1.165, 1.54) is 0 Å². The molecule has 1 aliphatic heterocycles. The number of nitrogens with one attached hydrogen (secondary N) is 2. The Balaban J connectivity index is 2.26. The maximum atomic E-state index is 12.1. The van der Waals surface area contributed by atoms with E-state index in [0.29, 0.717) is 27.8 Å². The third-order valence-corrected chi connectivity index (χ3v) is 4.05. The number of hydrogen-bond donors (Lipinski definition) is 3. The van der Waals surface area contributed by atoms with E-state index in [1.807, 2.05) is 6.07 Å². The van der Waals surface area contributed by atoms with Crippen LogP contribution in [0.15, 0.2) is 24.3 Å². The number of ether oxygens (including phenoxy) is 1. The summed E-state index contributed by atoms with van der Waals surface area (Å²) in [7, 11) is 1.64. The minimum absolute atomic E-state index is 0.0173. The molecule has 6 nitrogen and oxygen atoms in total. The lowest BCUT2D eigenvalue weighted by molar-refractivity contribution is 0.0880. The summed E-state index contributed by atoms with van der Waals surface area (Å²) in [5, 5.41) is 16.2. The summed E-state index contributed by atoms with van der Waals surface area (Å²) in [6.07, 6.45) is -0.830. The Labute approximate surface area is 137 Å². The summed E-state index contributed by atoms with van der Waals surface area (Å²) in [5.41, 5.74) is 1.01. The standard InChI is InChI=1S/C16H15ClN2O4/c1-18-13-12-11(15(21)19-16(12)22)9-4-2-3-5-10(9)14(13)23-7-8(20)6-17/h2-5,8,18,20H,6-7H2,1H3,(H,19,21,22). The van der Waals surface area contributed by atoms with E-state index in [0.717, 1.165) is 0 Å². The van der Waals surface area contributed by atoms with E-state index in [9.17, 15) is 14.7 Å². The number of halogens is 1. The first-order valence-electron chi connectivity index (χ1n) is 7.07. The topological polar surface area (TPSA) is 87.7 Å². The predicted octanol–water partition coefficient (Wildman–Crippen LogP) is 1.74. The molecule has 1 unspecified atom stereocenters. The Morgan fingerprint density at radius 2 is 1.87 bits per heavy atom. The van der Waals surface area contributed by atoms with Crippen LogP contribution >= 0.6 is 11.6 Å². The van der Waals surface area contributed by atoms with Gasteiger partial charge in [0.05, 0.1) is 22.7 Å². The number of benzene rings is 2. The van der Waals surface area contributed by atoms with Crippen molar-refractivity contribution < 1.29 is 19.4 Å². The van der Waals surface area contributed by atoms with Crippen molar-refractivity contribution in [2.75, 3.05) is 24.9 Å². The van der Waals surface area contributed by atoms with Crippen LogP contribution in [0.4, 0.5) is 5.69 Å². The maximum absolute atomic E-state index is 12.1. The summed E-state index contributed by atoms with van der Waals surface area (Å²) >= 11 is 5.59. The first kappa shape index (κ1) is 15.6. The molecule has 23 heavy (non-hydrogen) atoms. The normalized spacial score (nSPS) is 14.6. The molecule has 1 heterocycles. The van der Waals surface area contributed by atoms with E-state index in [4.69, 9.17) is 16.3 Å². The Kier molecular flexibility index (Phi) is 4.11. The quantitative estimate of drug-likeness (QED) is 0.572. The van der Waals surface area contributed by atoms with Gasteiger partial charge in [0, 0.05) is 12.4 Å². The van der Waals surface area contributed by atoms with Crippen LogP contribution in [0.3, 0.4) is 0 Å². The summed E-state index contributed by atoms with van der Waals surface area (Å²) < 4.78 is 5.71. The average Bonchev–Trinajstić information content (AvgIpc) is 2.86. The van der Waals surface area contributed by atoms with E-state index < -0.39 is 17.9 Å². The number of aliphatic hydroxyl groups is 1. The number of aliphatic hydroxyl groups excluding tert-OH is 1. The molecule has 0 saturated heterocycles. The molecule has 0 fully saturated rings. The van der Waals surface area contributed by atoms with Gasteiger partial charge in [0.15, 0.2) is 5.75 Å². The summed E-state index contributed by atoms with van der Waals surface area (Å²) in [6, 6.07) is 7.16. The zero-order chi connectivity index (χ0) is 16.6. The lowest BCUT2D eigenvalue weighted by Crippen LogP contribution is -2.20. The van der Waals surface area contributed by atoms with Crippen LogP contribution in [0.1, 0.15) is 20.7 Å². The minimum Gasteiger partial charge on any atom is -0.488 e. The highest BCUT2D eigenvalue weighted by Gasteiger charge is 2.34. The van der Waals surface area contributed by atoms with Crippen LogP contribution in [0.2, 0.25) is 0 Å². The number of fused-ring (bicyclic) bond motifs is 3. The fraction of sp³-hybridized carbons (Fsp3) is 0.250. The number of imide groups is 1. The number of hydrogen-bond acceptors (Lipinski definition) is 5. The SMILES string of the molecule is CNc1c2c(c3ccccc3c1OCC(O)CCl)C(=O)NC2=O. The van der Waals surface area contributed by atoms with E-state index in [1.54, 1.807) is 25.2 Å². The molecule has 2 amide bonds. The highest BCUT2D eigenvalue weighted by atomic mass is 35.5. The highest BCUT2D eigenvalue weighted by Crippen LogP contribution is 2.41. The lowest BCUT2D eigenvalue weighted by Gasteiger charge is -2.18. The molecule has 0 bridgehead atoms. The van der Waals surface area contributed by atoms with Crippen LogP contribution in [-0.4, -0.2) is 42.6 Å². The Bertz CT molecular complexity index is 806. The van der Waals surface area contributed by atoms with Crippen molar-refractivity contribution in [2.24, 2.45) is 0 Å². The van der Waals surface area contributed by atoms with Gasteiger partial charge in [-0.1, -0.05) is 24.3 Å². The number of carbonyl (C=O) groups is 2. The highest BCUT2D eigenvalue weighted by molar-refractivity contribution is 6.30. The number of alkyl halides is 1. The van der Waals surface area contributed by atoms with Gasteiger partial charge in [0.1, 0.15) is 12.7 Å². The first-order valence-corrected chi connectivity index (χ1v) is 7.60. The fourth-order valence-corrected chi connectivity index (χ4v) is 2.80. The largest absolute Gasteiger partial charge is 0.488 e. The van der Waals surface area contributed by atoms with Gasteiger partial charge in [-0.2, -0.15) is 0 Å². The molecule has 1 atom stereocenters. The van der Waals surface area contributed by atoms with E-state index in [-0.39, 0.29) is 18.1 Å². The third kappa shape index (κ3) is 2.50. The van der Waals surface area contributed by atoms with Crippen LogP contribution in [0, 0.1) is 0 Å². The van der Waals surface area contributed by atoms with Gasteiger partial charge in [-0.25, -0.2) is 0 Å². The second kappa shape index (κ2) is 6.06. The van der Waals surface area contributed by atoms with Gasteiger partial charge in [-0.15, -0.1) is 11.6 Å². The predicted molar refractivity (Wildman–Crippen MR) is 87.5 cm³/mol. The van der Waals surface area contributed by atoms with Gasteiger partial charge >= 0.3 is 0 Å². The monoisotopic (exact) mass is 334 g/mol. The van der Waals surface area contributed by atoms with Gasteiger partial charge < -0.3 is 15.2 Å². The van der Waals surface area contributed by atoms with Gasteiger partial charge in [-0.05, 0) is 5.39 Å². The molecule has 2 aromatic carbocycles. The number of anilines is 1. The van der Waals surface area contributed by atoms with Crippen molar-refractivity contribution in [3.05, 3.63) is 35.4 Å². The van der Waals surface area contributed by atoms with Crippen LogP contribution in [0.25, 0.3) is 10.8 Å². The van der Waals surface area contributed by atoms with Crippen molar-refractivity contribution in [3.8, 4) is 5.75 Å². The molecule has 2 aromatic rings. The number of rotatable bonds is 5. The number of amides is 2. The van der Waals surface area contributed by atoms with Crippen molar-refractivity contribution in [2.45, 2.75) is 6.10 Å². The molecule has 3 rings (SSSR count). The van der Waals surface area contributed by atoms with E-state index >= 15 is 0 Å². The molecule has 1 aliphatic rings. The smallest absolute Gasteiger partial charge is 0.261 e. The molecule has 0 spiro atoms. The summed E-state index contributed by atoms with van der Waals surface area (Å²) in [5.74, 6) is -0.444. The van der Waals surface area contributed by atoms with Gasteiger partial charge in [0.2, 0.25) is 0 Å². The second-order valence-electron chi connectivity index (χ2n) is 5.15. The molecule has 0 aliphatic carbocycles. The van der Waals surface area contributed by atoms with Gasteiger partial charge in [0.25, 0.3) is 11.8 Å². The zero-order valence-corrected chi connectivity index (χ0v) is 13.1. The van der Waals surface area contributed by atoms with Crippen LogP contribution < -0.4 is 15.4 Å². The summed E-state index contributed by atoms with van der Waals surface area (Å²) in [4.78, 5) is 24.3. The van der Waals surface area contributed by atoms with Crippen LogP contribution in [0.5, 0.6) is 5.75 Å².